The quantitative estimate of drug-likeness (QED) is 0.815. The zero-order valence-corrected chi connectivity index (χ0v) is 12.0. The van der Waals surface area contributed by atoms with E-state index in [0.29, 0.717) is 23.1 Å². The lowest BCUT2D eigenvalue weighted by atomic mass is 9.95. The van der Waals surface area contributed by atoms with Crippen molar-refractivity contribution in [2.24, 2.45) is 0 Å². The maximum Gasteiger partial charge on any atom is 0.223 e. The first-order valence-electron chi connectivity index (χ1n) is 5.88. The molecule has 0 spiro atoms. The Morgan fingerprint density at radius 3 is 2.17 bits per heavy atom. The van der Waals surface area contributed by atoms with E-state index >= 15 is 0 Å². The van der Waals surface area contributed by atoms with E-state index in [9.17, 15) is 0 Å². The molecule has 98 valence electrons. The van der Waals surface area contributed by atoms with Gasteiger partial charge in [0.25, 0.3) is 0 Å². The topological polar surface area (TPSA) is 61.0 Å². The van der Waals surface area contributed by atoms with E-state index in [-0.39, 0.29) is 5.41 Å². The summed E-state index contributed by atoms with van der Waals surface area (Å²) in [7, 11) is 0. The van der Waals surface area contributed by atoms with Gasteiger partial charge in [-0.3, -0.25) is 0 Å². The van der Waals surface area contributed by atoms with Crippen molar-refractivity contribution in [1.29, 1.82) is 0 Å². The highest BCUT2D eigenvalue weighted by Gasteiger charge is 2.24. The Morgan fingerprint density at radius 2 is 1.72 bits per heavy atom. The number of nitrogens with zero attached hydrogens (tertiary/aromatic N) is 2. The Kier molecular flexibility index (Phi) is 3.57. The van der Waals surface area contributed by atoms with Crippen LogP contribution in [0.1, 0.15) is 46.0 Å². The molecule has 0 aliphatic rings. The molecule has 2 N–H and O–H groups in total. The molecule has 18 heavy (non-hydrogen) atoms. The van der Waals surface area contributed by atoms with Crippen molar-refractivity contribution in [1.82, 2.24) is 9.97 Å². The molecule has 4 heteroatoms. The molecule has 0 aliphatic heterocycles. The SMILES string of the molecule is C#CC(C)(C)Oc1nc(C(C)(C)C)nc(N)c1C. The molecular formula is C14H21N3O. The van der Waals surface area contributed by atoms with Crippen molar-refractivity contribution in [2.45, 2.75) is 52.6 Å². The van der Waals surface area contributed by atoms with Crippen molar-refractivity contribution in [3.05, 3.63) is 11.4 Å². The van der Waals surface area contributed by atoms with Crippen molar-refractivity contribution in [3.63, 3.8) is 0 Å². The predicted molar refractivity (Wildman–Crippen MR) is 73.4 cm³/mol. The van der Waals surface area contributed by atoms with Crippen LogP contribution in [0.4, 0.5) is 5.82 Å². The van der Waals surface area contributed by atoms with Crippen LogP contribution in [0.3, 0.4) is 0 Å². The van der Waals surface area contributed by atoms with Gasteiger partial charge in [0, 0.05) is 5.41 Å². The maximum atomic E-state index is 5.90. The highest BCUT2D eigenvalue weighted by molar-refractivity contribution is 5.45. The van der Waals surface area contributed by atoms with Gasteiger partial charge in [0.05, 0.1) is 5.56 Å². The molecule has 1 aromatic rings. The third-order valence-electron chi connectivity index (χ3n) is 2.51. The van der Waals surface area contributed by atoms with Crippen molar-refractivity contribution < 1.29 is 4.74 Å². The fourth-order valence-electron chi connectivity index (χ4n) is 1.22. The molecule has 0 unspecified atom stereocenters. The van der Waals surface area contributed by atoms with E-state index in [1.165, 1.54) is 0 Å². The first-order valence-corrected chi connectivity index (χ1v) is 5.88. The number of hydrogen-bond donors (Lipinski definition) is 1. The van der Waals surface area contributed by atoms with Gasteiger partial charge >= 0.3 is 0 Å². The normalized spacial score (nSPS) is 12.1. The number of anilines is 1. The Labute approximate surface area is 109 Å². The van der Waals surface area contributed by atoms with E-state index < -0.39 is 5.60 Å². The first kappa shape index (κ1) is 14.3. The number of aromatic nitrogens is 2. The predicted octanol–water partition coefficient (Wildman–Crippen LogP) is 2.46. The van der Waals surface area contributed by atoms with Gasteiger partial charge in [-0.05, 0) is 20.8 Å². The summed E-state index contributed by atoms with van der Waals surface area (Å²) in [5.74, 6) is 4.10. The molecular weight excluding hydrogens is 226 g/mol. The highest BCUT2D eigenvalue weighted by Crippen LogP contribution is 2.28. The third-order valence-corrected chi connectivity index (χ3v) is 2.51. The molecule has 0 atom stereocenters. The zero-order chi connectivity index (χ0) is 14.1. The summed E-state index contributed by atoms with van der Waals surface area (Å²) in [4.78, 5) is 8.72. The lowest BCUT2D eigenvalue weighted by molar-refractivity contribution is 0.162. The van der Waals surface area contributed by atoms with E-state index in [2.05, 4.69) is 15.9 Å². The largest absolute Gasteiger partial charge is 0.458 e. The minimum atomic E-state index is -0.722. The van der Waals surface area contributed by atoms with Gasteiger partial charge < -0.3 is 10.5 Å². The van der Waals surface area contributed by atoms with Crippen LogP contribution in [0.15, 0.2) is 0 Å². The summed E-state index contributed by atoms with van der Waals surface area (Å²) >= 11 is 0. The summed E-state index contributed by atoms with van der Waals surface area (Å²) in [6.07, 6.45) is 5.42. The molecule has 4 nitrogen and oxygen atoms in total. The van der Waals surface area contributed by atoms with Crippen LogP contribution in [0, 0.1) is 19.3 Å². The molecule has 1 aromatic heterocycles. The van der Waals surface area contributed by atoms with Crippen LogP contribution in [-0.4, -0.2) is 15.6 Å². The number of nitrogens with two attached hydrogens (primary N) is 1. The Bertz CT molecular complexity index is 493. The minimum Gasteiger partial charge on any atom is -0.458 e. The fourth-order valence-corrected chi connectivity index (χ4v) is 1.22. The number of nitrogen functional groups attached to an aromatic ring is 1. The molecule has 0 aromatic carbocycles. The van der Waals surface area contributed by atoms with Crippen LogP contribution in [0.25, 0.3) is 0 Å². The van der Waals surface area contributed by atoms with Crippen LogP contribution in [-0.2, 0) is 5.41 Å². The molecule has 0 bridgehead atoms. The van der Waals surface area contributed by atoms with E-state index in [0.717, 1.165) is 0 Å². The van der Waals surface area contributed by atoms with Crippen LogP contribution in [0.5, 0.6) is 5.88 Å². The monoisotopic (exact) mass is 247 g/mol. The van der Waals surface area contributed by atoms with Crippen molar-refractivity contribution in [3.8, 4) is 18.2 Å². The second-order valence-electron chi connectivity index (χ2n) is 5.87. The zero-order valence-electron chi connectivity index (χ0n) is 12.0. The standard InChI is InChI=1S/C14H21N3O/c1-8-14(6,7)18-11-9(2)10(15)16-12(17-11)13(3,4)5/h1H,2-7H3,(H2,15,16,17). The molecule has 0 amide bonds. The van der Waals surface area contributed by atoms with Gasteiger partial charge in [0.15, 0.2) is 5.60 Å². The number of hydrogen-bond acceptors (Lipinski definition) is 4. The van der Waals surface area contributed by atoms with Gasteiger partial charge in [-0.15, -0.1) is 6.42 Å². The smallest absolute Gasteiger partial charge is 0.223 e. The number of ether oxygens (including phenoxy) is 1. The van der Waals surface area contributed by atoms with Gasteiger partial charge in [0.1, 0.15) is 11.6 Å². The van der Waals surface area contributed by atoms with Gasteiger partial charge in [-0.2, -0.15) is 4.98 Å². The van der Waals surface area contributed by atoms with Gasteiger partial charge in [-0.1, -0.05) is 26.7 Å². The summed E-state index contributed by atoms with van der Waals surface area (Å²) in [5, 5.41) is 0. The first-order chi connectivity index (χ1) is 8.07. The van der Waals surface area contributed by atoms with Gasteiger partial charge in [0.2, 0.25) is 5.88 Å². The van der Waals surface area contributed by atoms with Crippen LogP contribution < -0.4 is 10.5 Å². The number of rotatable bonds is 2. The average Bonchev–Trinajstić information content (AvgIpc) is 2.22. The Hall–Kier alpha value is -1.76. The average molecular weight is 247 g/mol. The van der Waals surface area contributed by atoms with E-state index in [1.54, 1.807) is 0 Å². The maximum absolute atomic E-state index is 5.90. The third kappa shape index (κ3) is 3.13. The molecule has 1 rings (SSSR count). The van der Waals surface area contributed by atoms with E-state index in [1.807, 2.05) is 41.5 Å². The summed E-state index contributed by atoms with van der Waals surface area (Å²) in [5.41, 5.74) is 5.69. The minimum absolute atomic E-state index is 0.194. The second-order valence-corrected chi connectivity index (χ2v) is 5.87. The molecule has 1 heterocycles. The molecule has 0 radical (unpaired) electrons. The second kappa shape index (κ2) is 4.49. The summed E-state index contributed by atoms with van der Waals surface area (Å²) in [6, 6.07) is 0. The van der Waals surface area contributed by atoms with Crippen LogP contribution >= 0.6 is 0 Å². The number of terminal acetylenes is 1. The van der Waals surface area contributed by atoms with E-state index in [4.69, 9.17) is 16.9 Å². The summed E-state index contributed by atoms with van der Waals surface area (Å²) in [6.45, 7) is 11.5. The van der Waals surface area contributed by atoms with Crippen LogP contribution in [0.2, 0.25) is 0 Å². The molecule has 0 saturated carbocycles. The Balaban J connectivity index is 3.29. The molecule has 0 aliphatic carbocycles. The van der Waals surface area contributed by atoms with Gasteiger partial charge in [-0.25, -0.2) is 4.98 Å². The van der Waals surface area contributed by atoms with Crippen molar-refractivity contribution >= 4 is 5.82 Å². The van der Waals surface area contributed by atoms with Crippen molar-refractivity contribution in [2.75, 3.05) is 5.73 Å². The molecule has 0 fully saturated rings. The fraction of sp³-hybridized carbons (Fsp3) is 0.571. The highest BCUT2D eigenvalue weighted by atomic mass is 16.5. The lowest BCUT2D eigenvalue weighted by Gasteiger charge is -2.24. The molecule has 0 saturated heterocycles. The lowest BCUT2D eigenvalue weighted by Crippen LogP contribution is -2.28. The summed E-state index contributed by atoms with van der Waals surface area (Å²) < 4.78 is 5.73. The Morgan fingerprint density at radius 1 is 1.17 bits per heavy atom.